The van der Waals surface area contributed by atoms with Gasteiger partial charge < -0.3 is 4.74 Å². The average Bonchev–Trinajstić information content (AvgIpc) is 2.52. The molecule has 0 radical (unpaired) electrons. The lowest BCUT2D eigenvalue weighted by atomic mass is 9.58. The van der Waals surface area contributed by atoms with Crippen LogP contribution in [0.25, 0.3) is 0 Å². The predicted octanol–water partition coefficient (Wildman–Crippen LogP) is 3.18. The van der Waals surface area contributed by atoms with Crippen LogP contribution in [0.4, 0.5) is 0 Å². The molecule has 0 amide bonds. The molecule has 3 heteroatoms. The molecule has 1 saturated heterocycles. The Kier molecular flexibility index (Phi) is 3.29. The quantitative estimate of drug-likeness (QED) is 0.683. The van der Waals surface area contributed by atoms with Crippen molar-refractivity contribution < 1.29 is 14.3 Å². The maximum atomic E-state index is 13.0. The van der Waals surface area contributed by atoms with Crippen molar-refractivity contribution in [2.45, 2.75) is 54.1 Å². The van der Waals surface area contributed by atoms with Gasteiger partial charge in [0, 0.05) is 5.92 Å². The summed E-state index contributed by atoms with van der Waals surface area (Å²) in [6.07, 6.45) is 1.91. The van der Waals surface area contributed by atoms with E-state index in [1.807, 2.05) is 54.5 Å². The molecule has 1 aliphatic carbocycles. The first-order chi connectivity index (χ1) is 8.88. The van der Waals surface area contributed by atoms with Crippen molar-refractivity contribution in [1.29, 1.82) is 0 Å². The SMILES string of the molecule is CC(C)(C)C1=C[C@@]2(C)OCC(=O)[C@H]2[C@H](C(C)(C)C)C1=O. The summed E-state index contributed by atoms with van der Waals surface area (Å²) >= 11 is 0. The molecular formula is C17H26O3. The van der Waals surface area contributed by atoms with E-state index < -0.39 is 5.60 Å². The Balaban J connectivity index is 2.63. The monoisotopic (exact) mass is 278 g/mol. The summed E-state index contributed by atoms with van der Waals surface area (Å²) in [7, 11) is 0. The van der Waals surface area contributed by atoms with E-state index >= 15 is 0 Å². The maximum Gasteiger partial charge on any atom is 0.165 e. The highest BCUT2D eigenvalue weighted by molar-refractivity contribution is 6.04. The standard InChI is InChI=1S/C17H26O3/c1-15(2,3)10-8-17(7)12(11(18)9-20-17)13(14(10)19)16(4,5)6/h8,12-13H,9H2,1-7H3/t12-,13-,17+/m0/s1. The van der Waals surface area contributed by atoms with Gasteiger partial charge in [-0.2, -0.15) is 0 Å². The van der Waals surface area contributed by atoms with Crippen LogP contribution in [0.1, 0.15) is 48.5 Å². The molecule has 0 saturated carbocycles. The number of rotatable bonds is 0. The lowest BCUT2D eigenvalue weighted by molar-refractivity contribution is -0.136. The van der Waals surface area contributed by atoms with E-state index in [1.54, 1.807) is 0 Å². The molecule has 1 fully saturated rings. The van der Waals surface area contributed by atoms with Crippen molar-refractivity contribution in [3.05, 3.63) is 11.6 Å². The van der Waals surface area contributed by atoms with Crippen molar-refractivity contribution in [1.82, 2.24) is 0 Å². The molecular weight excluding hydrogens is 252 g/mol. The second kappa shape index (κ2) is 4.27. The first-order valence-electron chi connectivity index (χ1n) is 7.32. The second-order valence-electron chi connectivity index (χ2n) is 8.43. The summed E-state index contributed by atoms with van der Waals surface area (Å²) in [4.78, 5) is 25.2. The molecule has 0 unspecified atom stereocenters. The highest BCUT2D eigenvalue weighted by atomic mass is 16.5. The predicted molar refractivity (Wildman–Crippen MR) is 78.3 cm³/mol. The van der Waals surface area contributed by atoms with Gasteiger partial charge in [-0.05, 0) is 29.4 Å². The molecule has 1 aliphatic heterocycles. The number of carbonyl (C=O) groups is 2. The Morgan fingerprint density at radius 3 is 2.15 bits per heavy atom. The van der Waals surface area contributed by atoms with E-state index in [2.05, 4.69) is 0 Å². The average molecular weight is 278 g/mol. The van der Waals surface area contributed by atoms with E-state index in [9.17, 15) is 9.59 Å². The molecule has 20 heavy (non-hydrogen) atoms. The van der Waals surface area contributed by atoms with Crippen molar-refractivity contribution >= 4 is 11.6 Å². The second-order valence-corrected chi connectivity index (χ2v) is 8.43. The molecule has 0 aromatic carbocycles. The number of allylic oxidation sites excluding steroid dienone is 1. The van der Waals surface area contributed by atoms with E-state index in [-0.39, 0.29) is 40.8 Å². The minimum Gasteiger partial charge on any atom is -0.363 e. The Hall–Kier alpha value is -0.960. The highest BCUT2D eigenvalue weighted by Crippen LogP contribution is 2.50. The van der Waals surface area contributed by atoms with Crippen LogP contribution in [0.15, 0.2) is 11.6 Å². The van der Waals surface area contributed by atoms with Gasteiger partial charge in [0.05, 0.1) is 11.5 Å². The molecule has 0 N–H and O–H groups in total. The fraction of sp³-hybridized carbons (Fsp3) is 0.765. The zero-order chi connectivity index (χ0) is 15.5. The fourth-order valence-corrected chi connectivity index (χ4v) is 3.53. The van der Waals surface area contributed by atoms with Gasteiger partial charge in [-0.15, -0.1) is 0 Å². The van der Waals surface area contributed by atoms with Gasteiger partial charge in [-0.1, -0.05) is 41.5 Å². The lowest BCUT2D eigenvalue weighted by Crippen LogP contribution is -2.51. The number of hydrogen-bond acceptors (Lipinski definition) is 3. The Bertz CT molecular complexity index is 487. The summed E-state index contributed by atoms with van der Waals surface area (Å²) in [5, 5.41) is 0. The number of ether oxygens (including phenoxy) is 1. The molecule has 0 bridgehead atoms. The summed E-state index contributed by atoms with van der Waals surface area (Å²) in [6, 6.07) is 0. The molecule has 1 heterocycles. The van der Waals surface area contributed by atoms with Crippen LogP contribution >= 0.6 is 0 Å². The van der Waals surface area contributed by atoms with Crippen LogP contribution in [0, 0.1) is 22.7 Å². The van der Waals surface area contributed by atoms with Gasteiger partial charge in [-0.3, -0.25) is 9.59 Å². The van der Waals surface area contributed by atoms with Crippen LogP contribution in [-0.2, 0) is 14.3 Å². The number of hydrogen-bond donors (Lipinski definition) is 0. The van der Waals surface area contributed by atoms with Crippen LogP contribution in [0.2, 0.25) is 0 Å². The van der Waals surface area contributed by atoms with Crippen LogP contribution in [0.3, 0.4) is 0 Å². The number of ketones is 2. The third-order valence-electron chi connectivity index (χ3n) is 4.54. The summed E-state index contributed by atoms with van der Waals surface area (Å²) in [5.74, 6) is -0.473. The van der Waals surface area contributed by atoms with Gasteiger partial charge in [0.2, 0.25) is 0 Å². The fourth-order valence-electron chi connectivity index (χ4n) is 3.53. The third-order valence-corrected chi connectivity index (χ3v) is 4.54. The normalized spacial score (nSPS) is 35.0. The topological polar surface area (TPSA) is 43.4 Å². The van der Waals surface area contributed by atoms with Crippen molar-refractivity contribution in [3.8, 4) is 0 Å². The molecule has 2 aliphatic rings. The Morgan fingerprint density at radius 1 is 1.15 bits per heavy atom. The molecule has 0 spiro atoms. The van der Waals surface area contributed by atoms with E-state index in [1.165, 1.54) is 0 Å². The van der Waals surface area contributed by atoms with Crippen molar-refractivity contribution in [2.75, 3.05) is 6.61 Å². The van der Waals surface area contributed by atoms with Gasteiger partial charge in [0.1, 0.15) is 6.61 Å². The van der Waals surface area contributed by atoms with Gasteiger partial charge >= 0.3 is 0 Å². The number of fused-ring (bicyclic) bond motifs is 1. The Labute approximate surface area is 121 Å². The van der Waals surface area contributed by atoms with E-state index in [0.717, 1.165) is 5.57 Å². The first-order valence-corrected chi connectivity index (χ1v) is 7.32. The van der Waals surface area contributed by atoms with Gasteiger partial charge in [0.25, 0.3) is 0 Å². The van der Waals surface area contributed by atoms with Crippen molar-refractivity contribution in [2.24, 2.45) is 22.7 Å². The third kappa shape index (κ3) is 2.26. The minimum absolute atomic E-state index is 0.0602. The summed E-state index contributed by atoms with van der Waals surface area (Å²) < 4.78 is 5.78. The molecule has 0 aromatic heterocycles. The zero-order valence-corrected chi connectivity index (χ0v) is 13.7. The molecule has 112 valence electrons. The Morgan fingerprint density at radius 2 is 1.70 bits per heavy atom. The van der Waals surface area contributed by atoms with Crippen LogP contribution < -0.4 is 0 Å². The summed E-state index contributed by atoms with van der Waals surface area (Å²) in [6.45, 7) is 14.3. The maximum absolute atomic E-state index is 13.0. The van der Waals surface area contributed by atoms with Crippen LogP contribution in [-0.4, -0.2) is 23.8 Å². The smallest absolute Gasteiger partial charge is 0.165 e. The number of carbonyl (C=O) groups excluding carboxylic acids is 2. The van der Waals surface area contributed by atoms with Crippen molar-refractivity contribution in [3.63, 3.8) is 0 Å². The molecule has 0 aromatic rings. The molecule has 3 nitrogen and oxygen atoms in total. The van der Waals surface area contributed by atoms with Gasteiger partial charge in [0.15, 0.2) is 11.6 Å². The number of Topliss-reactive ketones (excluding diaryl/α,β-unsaturated/α-hetero) is 2. The van der Waals surface area contributed by atoms with Gasteiger partial charge in [-0.25, -0.2) is 0 Å². The largest absolute Gasteiger partial charge is 0.363 e. The molecule has 3 atom stereocenters. The first kappa shape index (κ1) is 15.4. The highest BCUT2D eigenvalue weighted by Gasteiger charge is 2.58. The zero-order valence-electron chi connectivity index (χ0n) is 13.7. The minimum atomic E-state index is -0.633. The lowest BCUT2D eigenvalue weighted by Gasteiger charge is -2.45. The molecule has 2 rings (SSSR count). The summed E-state index contributed by atoms with van der Waals surface area (Å²) in [5.41, 5.74) is -0.322. The van der Waals surface area contributed by atoms with E-state index in [4.69, 9.17) is 4.74 Å². The van der Waals surface area contributed by atoms with Crippen LogP contribution in [0.5, 0.6) is 0 Å². The van der Waals surface area contributed by atoms with E-state index in [0.29, 0.717) is 0 Å².